The van der Waals surface area contributed by atoms with E-state index in [1.54, 1.807) is 27.9 Å². The quantitative estimate of drug-likeness (QED) is 0.0603. The van der Waals surface area contributed by atoms with Crippen LogP contribution in [-0.2, 0) is 58.3 Å². The molecule has 0 saturated carbocycles. The molecule has 9 aliphatic heterocycles. The molecule has 27 nitrogen and oxygen atoms in total. The summed E-state index contributed by atoms with van der Waals surface area (Å²) in [4.78, 5) is 105. The predicted octanol–water partition coefficient (Wildman–Crippen LogP) is 12.3. The Morgan fingerprint density at radius 3 is 1.32 bits per heavy atom. The highest BCUT2D eigenvalue weighted by molar-refractivity contribution is 5.84. The first-order valence-corrected chi connectivity index (χ1v) is 44.6. The average molecular weight is 1670 g/mol. The SMILES string of the molecule is CC(F)(F)CCc1ccc(N2CCN3C(=O)[C@@H](CCCc4cccn5ncnc45)C[C@H]3C2)nc1.Cc1ccc(N2CCN3C(=O)[C@@H](CCCc4cccc5c4NCCN5)C[C@H]3C2)nc1.Cc1ccc(N2CCN3C(=O)[C@@H](CCCc4cccc5ncn(C)c45)C[C@H]3C2)nc1.Cc1cnc(N2CCN3C(=O)[C@@H](CCCc4cccn5ncnc45)C[C@H]3C2)nc1. The number of piperazine rings is 4. The monoisotopic (exact) mass is 1670 g/mol. The number of imidazole rings is 1. The molecule has 0 spiro atoms. The van der Waals surface area contributed by atoms with Gasteiger partial charge in [-0.1, -0.05) is 54.6 Å². The molecule has 29 heteroatoms. The van der Waals surface area contributed by atoms with E-state index in [0.717, 1.165) is 252 Å². The highest BCUT2D eigenvalue weighted by Crippen LogP contribution is 2.39. The number of carbonyl (C=O) groups excluding carboxylic acids is 4. The van der Waals surface area contributed by atoms with E-state index in [1.807, 2.05) is 86.6 Å². The van der Waals surface area contributed by atoms with Crippen molar-refractivity contribution in [3.05, 3.63) is 204 Å². The van der Waals surface area contributed by atoms with Crippen LogP contribution >= 0.6 is 0 Å². The van der Waals surface area contributed by atoms with E-state index >= 15 is 0 Å². The van der Waals surface area contributed by atoms with Gasteiger partial charge in [-0.2, -0.15) is 10.2 Å². The molecule has 4 amide bonds. The minimum atomic E-state index is -2.66. The molecule has 8 atom stereocenters. The van der Waals surface area contributed by atoms with Crippen LogP contribution in [0.2, 0.25) is 0 Å². The Morgan fingerprint density at radius 1 is 0.423 bits per heavy atom. The first-order chi connectivity index (χ1) is 59.8. The topological polar surface area (TPSA) is 261 Å². The van der Waals surface area contributed by atoms with E-state index < -0.39 is 5.92 Å². The Labute approximate surface area is 718 Å². The van der Waals surface area contributed by atoms with Gasteiger partial charge in [0, 0.05) is 172 Å². The van der Waals surface area contributed by atoms with Gasteiger partial charge >= 0.3 is 0 Å². The molecule has 8 saturated heterocycles. The minimum absolute atomic E-state index is 0.0635. The molecule has 123 heavy (non-hydrogen) atoms. The maximum absolute atomic E-state index is 13.1. The Hall–Kier alpha value is -11.8. The number of rotatable bonds is 23. The van der Waals surface area contributed by atoms with E-state index in [-0.39, 0.29) is 48.1 Å². The molecule has 0 aliphatic carbocycles. The fourth-order valence-corrected chi connectivity index (χ4v) is 20.2. The molecule has 2 aromatic carbocycles. The van der Waals surface area contributed by atoms with Crippen LogP contribution in [0, 0.1) is 44.4 Å². The molecule has 20 rings (SSSR count). The number of anilines is 6. The number of carbonyl (C=O) groups is 4. The van der Waals surface area contributed by atoms with Crippen molar-refractivity contribution in [1.29, 1.82) is 0 Å². The van der Waals surface area contributed by atoms with Crippen molar-refractivity contribution in [2.24, 2.45) is 30.7 Å². The number of pyridine rings is 5. The predicted molar refractivity (Wildman–Crippen MR) is 473 cm³/mol. The van der Waals surface area contributed by atoms with Gasteiger partial charge in [0.2, 0.25) is 35.5 Å². The maximum atomic E-state index is 13.1. The lowest BCUT2D eigenvalue weighted by Gasteiger charge is -2.38. The standard InChI is InChI=1S/C25H30F2N6O.C24H29N5O.C24H31N5O.C21H25N7O/c1-25(26,27)10-9-18-7-8-22(28-15-18)31-12-13-32-21(16-31)14-20(24(32)34)5-2-4-19-6-3-11-33-23(19)29-17-30-33;1-17-9-10-22(25-14-17)28-11-12-29-20(15-28)13-19(24(29)30)7-3-5-18-6-4-8-21-23(18)27(2)16-26-21;1-17-8-9-22(27-15-17)28-12-13-29-20(16-28)14-19(24(29)30)6-2-4-18-5-3-7-21-23(18)26-11-10-25-21;1-15-11-22-21(23-12-15)26-8-9-27-18(13-26)10-17(20(27)29)5-2-4-16-6-3-7-28-19(16)24-14-25-28/h3,6-8,11,15,17,20-21H,2,4-5,9-10,12-14,16H2,1H3;4,6,8-10,14,16,19-20H,3,5,7,11-13,15H2,1-2H3;3,5,7-9,15,19-20,25-26H,2,4,6,10-14,16H2,1H3;3,6-7,11-12,14,17-18H,2,4-5,8-10,13H2,1H3/t20-,21-;2*19-,20-;17-,18-/m0000/s1. The Kier molecular flexibility index (Phi) is 25.5. The number of amides is 4. The fraction of sp³-hybridized carbons (Fsp3) is 0.489. The summed E-state index contributed by atoms with van der Waals surface area (Å²) in [5.74, 6) is 2.85. The zero-order chi connectivity index (χ0) is 84.7. The van der Waals surface area contributed by atoms with Crippen molar-refractivity contribution in [3.63, 3.8) is 0 Å². The van der Waals surface area contributed by atoms with Gasteiger partial charge in [-0.05, 0) is 224 Å². The summed E-state index contributed by atoms with van der Waals surface area (Å²) in [5, 5.41) is 15.4. The summed E-state index contributed by atoms with van der Waals surface area (Å²) in [6.07, 6.45) is 33.5. The Morgan fingerprint density at radius 2 is 0.846 bits per heavy atom. The van der Waals surface area contributed by atoms with Gasteiger partial charge in [-0.3, -0.25) is 19.2 Å². The number of nitrogens with zero attached hydrogens (tertiary/aromatic N) is 21. The third-order valence-corrected chi connectivity index (χ3v) is 26.6. The van der Waals surface area contributed by atoms with E-state index in [1.165, 1.54) is 44.7 Å². The second-order valence-corrected chi connectivity index (χ2v) is 35.3. The number of hydrogen-bond donors (Lipinski definition) is 2. The first kappa shape index (κ1) is 83.5. The minimum Gasteiger partial charge on any atom is -0.382 e. The van der Waals surface area contributed by atoms with Crippen molar-refractivity contribution in [1.82, 2.24) is 83.3 Å². The number of nitrogens with one attached hydrogen (secondary N) is 2. The van der Waals surface area contributed by atoms with Crippen LogP contribution in [-0.4, -0.2) is 229 Å². The molecule has 11 aromatic rings. The van der Waals surface area contributed by atoms with Crippen LogP contribution in [0.5, 0.6) is 0 Å². The van der Waals surface area contributed by atoms with Gasteiger partial charge in [0.1, 0.15) is 30.1 Å². The first-order valence-electron chi connectivity index (χ1n) is 44.6. The number of aryl methyl sites for hydroxylation is 9. The van der Waals surface area contributed by atoms with Crippen LogP contribution in [0.3, 0.4) is 0 Å². The zero-order valence-corrected chi connectivity index (χ0v) is 71.5. The van der Waals surface area contributed by atoms with Crippen LogP contribution < -0.4 is 30.2 Å². The van der Waals surface area contributed by atoms with Crippen molar-refractivity contribution in [3.8, 4) is 0 Å². The van der Waals surface area contributed by atoms with E-state index in [0.29, 0.717) is 42.8 Å². The van der Waals surface area contributed by atoms with Crippen LogP contribution in [0.1, 0.15) is 135 Å². The highest BCUT2D eigenvalue weighted by atomic mass is 19.3. The zero-order valence-electron chi connectivity index (χ0n) is 71.5. The van der Waals surface area contributed by atoms with Crippen molar-refractivity contribution >= 4 is 80.7 Å². The van der Waals surface area contributed by atoms with Gasteiger partial charge in [-0.25, -0.2) is 57.7 Å². The summed E-state index contributed by atoms with van der Waals surface area (Å²) in [7, 11) is 2.05. The third kappa shape index (κ3) is 19.4. The third-order valence-electron chi connectivity index (χ3n) is 26.6. The summed E-state index contributed by atoms with van der Waals surface area (Å²) in [5.41, 5.74) is 15.8. The molecule has 9 aromatic heterocycles. The lowest BCUT2D eigenvalue weighted by Crippen LogP contribution is -2.52. The normalized spacial score (nSPS) is 21.7. The number of fused-ring (bicyclic) bond motifs is 8. The van der Waals surface area contributed by atoms with Crippen LogP contribution in [0.15, 0.2) is 159 Å². The van der Waals surface area contributed by atoms with E-state index in [9.17, 15) is 28.0 Å². The van der Waals surface area contributed by atoms with Gasteiger partial charge in [0.15, 0.2) is 11.3 Å². The summed E-state index contributed by atoms with van der Waals surface area (Å²) < 4.78 is 31.9. The summed E-state index contributed by atoms with van der Waals surface area (Å²) in [6, 6.07) is 34.3. The largest absolute Gasteiger partial charge is 0.382 e. The molecular weight excluding hydrogens is 1550 g/mol. The fourth-order valence-electron chi connectivity index (χ4n) is 20.2. The average Bonchev–Trinajstić information content (AvgIpc) is 1.67. The molecule has 0 bridgehead atoms. The van der Waals surface area contributed by atoms with Crippen molar-refractivity contribution in [2.45, 2.75) is 173 Å². The van der Waals surface area contributed by atoms with Gasteiger partial charge in [-0.15, -0.1) is 0 Å². The van der Waals surface area contributed by atoms with Gasteiger partial charge in [0.25, 0.3) is 0 Å². The van der Waals surface area contributed by atoms with E-state index in [4.69, 9.17) is 0 Å². The Balaban J connectivity index is 0.000000117. The lowest BCUT2D eigenvalue weighted by atomic mass is 9.95. The molecule has 0 unspecified atom stereocenters. The Bertz CT molecular complexity index is 5470. The maximum Gasteiger partial charge on any atom is 0.245 e. The number of para-hydroxylation sites is 2. The van der Waals surface area contributed by atoms with Crippen molar-refractivity contribution in [2.75, 3.05) is 122 Å². The molecule has 8 fully saturated rings. The molecule has 9 aliphatic rings. The van der Waals surface area contributed by atoms with Crippen molar-refractivity contribution < 1.29 is 28.0 Å². The number of halogens is 2. The number of alkyl halides is 2. The summed E-state index contributed by atoms with van der Waals surface area (Å²) in [6.45, 7) is 18.8. The number of benzene rings is 2. The number of hydrogen-bond acceptors (Lipinski definition) is 20. The molecule has 644 valence electrons. The van der Waals surface area contributed by atoms with E-state index in [2.05, 4.69) is 186 Å². The number of aromatic nitrogens is 13. The molecular formula is C94H115F2N23O4. The highest BCUT2D eigenvalue weighted by Gasteiger charge is 2.46. The van der Waals surface area contributed by atoms with Gasteiger partial charge < -0.3 is 54.4 Å². The second kappa shape index (κ2) is 37.5. The second-order valence-electron chi connectivity index (χ2n) is 35.3. The summed E-state index contributed by atoms with van der Waals surface area (Å²) >= 11 is 0. The van der Waals surface area contributed by atoms with Gasteiger partial charge in [0.05, 0.1) is 52.9 Å². The lowest BCUT2D eigenvalue weighted by molar-refractivity contribution is -0.133. The van der Waals surface area contributed by atoms with Crippen LogP contribution in [0.4, 0.5) is 43.6 Å². The molecule has 2 N–H and O–H groups in total. The smallest absolute Gasteiger partial charge is 0.245 e. The van der Waals surface area contributed by atoms with Crippen LogP contribution in [0.25, 0.3) is 22.3 Å². The molecule has 18 heterocycles. The molecule has 0 radical (unpaired) electrons.